The molecular formula is C22H27N5O3. The highest BCUT2D eigenvalue weighted by Crippen LogP contribution is 2.31. The van der Waals surface area contributed by atoms with Gasteiger partial charge in [-0.3, -0.25) is 19.4 Å². The minimum absolute atomic E-state index is 0.0872. The van der Waals surface area contributed by atoms with Gasteiger partial charge in [0, 0.05) is 24.7 Å². The molecule has 3 N–H and O–H groups in total. The summed E-state index contributed by atoms with van der Waals surface area (Å²) in [7, 11) is 0. The summed E-state index contributed by atoms with van der Waals surface area (Å²) in [5.41, 5.74) is 1.54. The third-order valence-electron chi connectivity index (χ3n) is 5.94. The number of anilines is 3. The topological polar surface area (TPSA) is 107 Å². The van der Waals surface area contributed by atoms with Gasteiger partial charge in [0.25, 0.3) is 5.56 Å². The maximum absolute atomic E-state index is 13.0. The van der Waals surface area contributed by atoms with E-state index in [1.165, 1.54) is 0 Å². The van der Waals surface area contributed by atoms with Crippen LogP contribution in [-0.4, -0.2) is 34.4 Å². The molecule has 2 amide bonds. The Bertz CT molecular complexity index is 1010. The van der Waals surface area contributed by atoms with Gasteiger partial charge in [-0.25, -0.2) is 0 Å². The van der Waals surface area contributed by atoms with Crippen LogP contribution in [0.3, 0.4) is 0 Å². The molecule has 0 saturated carbocycles. The first kappa shape index (κ1) is 20.1. The maximum Gasteiger partial charge on any atom is 0.258 e. The molecule has 0 spiro atoms. The molecule has 0 bridgehead atoms. The zero-order chi connectivity index (χ0) is 21.3. The molecule has 2 aliphatic rings. The van der Waals surface area contributed by atoms with E-state index in [0.717, 1.165) is 37.8 Å². The number of rotatable bonds is 4. The highest BCUT2D eigenvalue weighted by Gasteiger charge is 2.35. The monoisotopic (exact) mass is 409 g/mol. The third kappa shape index (κ3) is 3.94. The van der Waals surface area contributed by atoms with Crippen LogP contribution in [0, 0.1) is 6.92 Å². The Kier molecular flexibility index (Phi) is 5.57. The molecule has 1 saturated heterocycles. The summed E-state index contributed by atoms with van der Waals surface area (Å²) < 4.78 is 0. The first-order valence-electron chi connectivity index (χ1n) is 10.5. The number of fused-ring (bicyclic) bond motifs is 1. The highest BCUT2D eigenvalue weighted by atomic mass is 16.2. The van der Waals surface area contributed by atoms with Gasteiger partial charge in [0.1, 0.15) is 5.82 Å². The van der Waals surface area contributed by atoms with Crippen LogP contribution in [-0.2, 0) is 9.59 Å². The molecule has 8 nitrogen and oxygen atoms in total. The van der Waals surface area contributed by atoms with Crippen LogP contribution in [0.1, 0.15) is 56.1 Å². The van der Waals surface area contributed by atoms with Crippen LogP contribution < -0.4 is 21.1 Å². The molecule has 1 aromatic carbocycles. The van der Waals surface area contributed by atoms with Crippen LogP contribution in [0.25, 0.3) is 0 Å². The van der Waals surface area contributed by atoms with Gasteiger partial charge in [-0.2, -0.15) is 4.98 Å². The average molecular weight is 409 g/mol. The van der Waals surface area contributed by atoms with E-state index < -0.39 is 5.92 Å². The molecule has 1 aromatic heterocycles. The van der Waals surface area contributed by atoms with Gasteiger partial charge in [0.05, 0.1) is 11.5 Å². The van der Waals surface area contributed by atoms with Gasteiger partial charge in [0.15, 0.2) is 0 Å². The second-order valence-corrected chi connectivity index (χ2v) is 8.06. The van der Waals surface area contributed by atoms with Gasteiger partial charge in [-0.05, 0) is 44.7 Å². The lowest BCUT2D eigenvalue weighted by molar-refractivity contribution is -0.123. The number of nitrogens with one attached hydrogen (secondary N) is 3. The van der Waals surface area contributed by atoms with Crippen molar-refractivity contribution < 1.29 is 9.59 Å². The van der Waals surface area contributed by atoms with Crippen molar-refractivity contribution in [3.8, 4) is 0 Å². The summed E-state index contributed by atoms with van der Waals surface area (Å²) in [6.07, 6.45) is 4.10. The van der Waals surface area contributed by atoms with Crippen molar-refractivity contribution in [2.45, 2.75) is 57.9 Å². The van der Waals surface area contributed by atoms with E-state index in [9.17, 15) is 14.4 Å². The smallest absolute Gasteiger partial charge is 0.258 e. The Hall–Kier alpha value is -3.16. The highest BCUT2D eigenvalue weighted by molar-refractivity contribution is 6.04. The minimum Gasteiger partial charge on any atom is -0.339 e. The second kappa shape index (κ2) is 8.30. The van der Waals surface area contributed by atoms with Gasteiger partial charge < -0.3 is 15.5 Å². The van der Waals surface area contributed by atoms with Crippen molar-refractivity contribution >= 4 is 29.3 Å². The number of nitrogens with zero attached hydrogens (tertiary/aromatic N) is 2. The Morgan fingerprint density at radius 3 is 2.73 bits per heavy atom. The lowest BCUT2D eigenvalue weighted by atomic mass is 9.92. The van der Waals surface area contributed by atoms with Gasteiger partial charge in [-0.15, -0.1) is 0 Å². The first-order valence-corrected chi connectivity index (χ1v) is 10.5. The standard InChI is InChI=1S/C22H27N5O3/c1-3-15-6-4-5-11-27(15)22-25-19-18(21(30)26-22)16(12-17(28)24-19)20(29)23-14-9-7-13(2)8-10-14/h7-10,15-16H,3-6,11-12H2,1-2H3,(H,23,29)(H2,24,25,26,28,30)/t15-,16-/m1/s1. The molecule has 3 heterocycles. The van der Waals surface area contributed by atoms with E-state index in [1.54, 1.807) is 12.1 Å². The minimum atomic E-state index is -0.885. The largest absolute Gasteiger partial charge is 0.339 e. The summed E-state index contributed by atoms with van der Waals surface area (Å²) in [5.74, 6) is -0.941. The third-order valence-corrected chi connectivity index (χ3v) is 5.94. The number of aryl methyl sites for hydroxylation is 1. The van der Waals surface area contributed by atoms with Gasteiger partial charge >= 0.3 is 0 Å². The van der Waals surface area contributed by atoms with Crippen molar-refractivity contribution in [2.75, 3.05) is 22.1 Å². The number of aromatic amines is 1. The van der Waals surface area contributed by atoms with Crippen molar-refractivity contribution in [1.82, 2.24) is 9.97 Å². The summed E-state index contributed by atoms with van der Waals surface area (Å²) in [6.45, 7) is 4.89. The second-order valence-electron chi connectivity index (χ2n) is 8.06. The van der Waals surface area contributed by atoms with Crippen LogP contribution in [0.5, 0.6) is 0 Å². The van der Waals surface area contributed by atoms with E-state index in [0.29, 0.717) is 17.7 Å². The molecule has 2 aromatic rings. The fourth-order valence-electron chi connectivity index (χ4n) is 4.29. The number of hydrogen-bond acceptors (Lipinski definition) is 5. The number of amides is 2. The number of piperidine rings is 1. The molecular weight excluding hydrogens is 382 g/mol. The van der Waals surface area contributed by atoms with Crippen molar-refractivity contribution in [3.63, 3.8) is 0 Å². The average Bonchev–Trinajstić information content (AvgIpc) is 2.74. The lowest BCUT2D eigenvalue weighted by Gasteiger charge is -2.36. The molecule has 0 aliphatic carbocycles. The molecule has 158 valence electrons. The summed E-state index contributed by atoms with van der Waals surface area (Å²) >= 11 is 0. The predicted molar refractivity (Wildman–Crippen MR) is 116 cm³/mol. The maximum atomic E-state index is 13.0. The molecule has 1 fully saturated rings. The Morgan fingerprint density at radius 2 is 2.00 bits per heavy atom. The Labute approximate surface area is 175 Å². The number of aromatic nitrogens is 2. The normalized spacial score (nSPS) is 21.0. The van der Waals surface area contributed by atoms with Crippen LogP contribution in [0.2, 0.25) is 0 Å². The number of carbonyl (C=O) groups excluding carboxylic acids is 2. The number of H-pyrrole nitrogens is 1. The van der Waals surface area contributed by atoms with Crippen LogP contribution in [0.4, 0.5) is 17.5 Å². The SMILES string of the molecule is CC[C@@H]1CCCCN1c1nc2c(c(=O)[nH]1)[C@H](C(=O)Nc1ccc(C)cc1)CC(=O)N2. The molecule has 0 unspecified atom stereocenters. The predicted octanol–water partition coefficient (Wildman–Crippen LogP) is 2.91. The summed E-state index contributed by atoms with van der Waals surface area (Å²) in [4.78, 5) is 47.7. The van der Waals surface area contributed by atoms with Crippen molar-refractivity contribution in [2.24, 2.45) is 0 Å². The quantitative estimate of drug-likeness (QED) is 0.720. The van der Waals surface area contributed by atoms with Crippen LogP contribution in [0.15, 0.2) is 29.1 Å². The van der Waals surface area contributed by atoms with E-state index >= 15 is 0 Å². The molecule has 2 atom stereocenters. The molecule has 0 radical (unpaired) electrons. The van der Waals surface area contributed by atoms with Gasteiger partial charge in [0.2, 0.25) is 17.8 Å². The number of benzene rings is 1. The molecule has 4 rings (SSSR count). The van der Waals surface area contributed by atoms with E-state index in [-0.39, 0.29) is 35.2 Å². The zero-order valence-corrected chi connectivity index (χ0v) is 17.3. The van der Waals surface area contributed by atoms with Crippen molar-refractivity contribution in [1.29, 1.82) is 0 Å². The number of carbonyl (C=O) groups is 2. The fourth-order valence-corrected chi connectivity index (χ4v) is 4.29. The summed E-state index contributed by atoms with van der Waals surface area (Å²) in [5, 5.41) is 5.50. The van der Waals surface area contributed by atoms with Crippen molar-refractivity contribution in [3.05, 3.63) is 45.7 Å². The molecule has 2 aliphatic heterocycles. The van der Waals surface area contributed by atoms with E-state index in [1.807, 2.05) is 19.1 Å². The lowest BCUT2D eigenvalue weighted by Crippen LogP contribution is -2.43. The molecule has 8 heteroatoms. The van der Waals surface area contributed by atoms with Gasteiger partial charge in [-0.1, -0.05) is 24.6 Å². The van der Waals surface area contributed by atoms with E-state index in [2.05, 4.69) is 32.4 Å². The van der Waals surface area contributed by atoms with Crippen LogP contribution >= 0.6 is 0 Å². The van der Waals surface area contributed by atoms with E-state index in [4.69, 9.17) is 0 Å². The molecule has 30 heavy (non-hydrogen) atoms. The Balaban J connectivity index is 1.65. The Morgan fingerprint density at radius 1 is 1.23 bits per heavy atom. The number of hydrogen-bond donors (Lipinski definition) is 3. The first-order chi connectivity index (χ1) is 14.5. The fraction of sp³-hybridized carbons (Fsp3) is 0.455. The zero-order valence-electron chi connectivity index (χ0n) is 17.3. The summed E-state index contributed by atoms with van der Waals surface area (Å²) in [6, 6.07) is 7.68.